The Labute approximate surface area is 177 Å². The second kappa shape index (κ2) is 8.08. The van der Waals surface area contributed by atoms with Crippen molar-refractivity contribution in [1.29, 1.82) is 0 Å². The molecule has 1 N–H and O–H groups in total. The van der Waals surface area contributed by atoms with Crippen LogP contribution in [0.5, 0.6) is 0 Å². The molecule has 0 bridgehead atoms. The van der Waals surface area contributed by atoms with Crippen LogP contribution in [0.3, 0.4) is 0 Å². The number of halogens is 1. The van der Waals surface area contributed by atoms with Gasteiger partial charge in [0.1, 0.15) is 16.9 Å². The van der Waals surface area contributed by atoms with Gasteiger partial charge in [-0.2, -0.15) is 0 Å². The molecule has 0 spiro atoms. The van der Waals surface area contributed by atoms with E-state index in [0.29, 0.717) is 17.9 Å². The SMILES string of the molecule is CCc1cc2c(s1)-n1c(C)nnc1C(CCCC(=O)O)N=C2c1ccc(Cl)cc1. The minimum Gasteiger partial charge on any atom is -0.481 e. The second-order valence-electron chi connectivity index (χ2n) is 7.01. The normalized spacial score (nSPS) is 15.4. The molecule has 0 aliphatic carbocycles. The number of rotatable bonds is 6. The summed E-state index contributed by atoms with van der Waals surface area (Å²) in [6.45, 7) is 4.08. The highest BCUT2D eigenvalue weighted by Crippen LogP contribution is 2.37. The Bertz CT molecular complexity index is 1080. The van der Waals surface area contributed by atoms with E-state index in [0.717, 1.165) is 39.9 Å². The molecule has 150 valence electrons. The Kier molecular flexibility index (Phi) is 5.52. The number of fused-ring (bicyclic) bond motifs is 3. The molecule has 0 amide bonds. The van der Waals surface area contributed by atoms with E-state index in [4.69, 9.17) is 21.7 Å². The largest absolute Gasteiger partial charge is 0.481 e. The van der Waals surface area contributed by atoms with E-state index in [2.05, 4.69) is 27.8 Å². The molecule has 29 heavy (non-hydrogen) atoms. The smallest absolute Gasteiger partial charge is 0.303 e. The van der Waals surface area contributed by atoms with Gasteiger partial charge in [-0.25, -0.2) is 0 Å². The standard InChI is InChI=1S/C21H21ClN4O2S/c1-3-15-11-16-19(13-7-9-14(22)10-8-13)23-17(5-4-6-18(27)28)20-25-24-12(2)26(20)21(16)29-15/h7-11,17H,3-6H2,1-2H3,(H,27,28). The molecular weight excluding hydrogens is 408 g/mol. The molecule has 0 saturated carbocycles. The first-order valence-corrected chi connectivity index (χ1v) is 10.8. The topological polar surface area (TPSA) is 80.4 Å². The maximum absolute atomic E-state index is 11.0. The van der Waals surface area contributed by atoms with Gasteiger partial charge in [0.25, 0.3) is 0 Å². The lowest BCUT2D eigenvalue weighted by Gasteiger charge is -2.12. The van der Waals surface area contributed by atoms with Crippen LogP contribution in [0, 0.1) is 6.92 Å². The number of thiophene rings is 1. The van der Waals surface area contributed by atoms with Crippen LogP contribution in [0.4, 0.5) is 0 Å². The minimum absolute atomic E-state index is 0.108. The fraction of sp³-hybridized carbons (Fsp3) is 0.333. The second-order valence-corrected chi connectivity index (χ2v) is 8.56. The molecule has 1 aliphatic heterocycles. The number of hydrogen-bond acceptors (Lipinski definition) is 5. The van der Waals surface area contributed by atoms with Gasteiger partial charge in [-0.1, -0.05) is 30.7 Å². The van der Waals surface area contributed by atoms with E-state index in [-0.39, 0.29) is 12.5 Å². The summed E-state index contributed by atoms with van der Waals surface area (Å²) in [5.41, 5.74) is 2.92. The Balaban J connectivity index is 1.88. The monoisotopic (exact) mass is 428 g/mol. The maximum atomic E-state index is 11.0. The van der Waals surface area contributed by atoms with Crippen LogP contribution in [-0.4, -0.2) is 31.6 Å². The fourth-order valence-corrected chi connectivity index (χ4v) is 4.83. The Hall–Kier alpha value is -2.51. The molecule has 0 fully saturated rings. The molecule has 1 atom stereocenters. The van der Waals surface area contributed by atoms with Gasteiger partial charge in [0.05, 0.1) is 5.71 Å². The van der Waals surface area contributed by atoms with Gasteiger partial charge in [-0.3, -0.25) is 14.4 Å². The van der Waals surface area contributed by atoms with E-state index in [1.54, 1.807) is 11.3 Å². The molecule has 0 radical (unpaired) electrons. The molecule has 0 saturated heterocycles. The zero-order chi connectivity index (χ0) is 20.5. The third kappa shape index (κ3) is 3.84. The van der Waals surface area contributed by atoms with E-state index in [1.807, 2.05) is 31.2 Å². The van der Waals surface area contributed by atoms with E-state index < -0.39 is 5.97 Å². The number of aromatic nitrogens is 3. The first kappa shape index (κ1) is 19.8. The van der Waals surface area contributed by atoms with Crippen LogP contribution in [0.2, 0.25) is 5.02 Å². The number of carbonyl (C=O) groups is 1. The Morgan fingerprint density at radius 3 is 2.72 bits per heavy atom. The lowest BCUT2D eigenvalue weighted by atomic mass is 10.0. The molecule has 1 aromatic carbocycles. The summed E-state index contributed by atoms with van der Waals surface area (Å²) in [6.07, 6.45) is 2.16. The highest BCUT2D eigenvalue weighted by atomic mass is 35.5. The maximum Gasteiger partial charge on any atom is 0.303 e. The molecule has 1 aliphatic rings. The number of hydrogen-bond donors (Lipinski definition) is 1. The van der Waals surface area contributed by atoms with Crippen LogP contribution < -0.4 is 0 Å². The molecule has 1 unspecified atom stereocenters. The minimum atomic E-state index is -0.801. The van der Waals surface area contributed by atoms with Crippen molar-refractivity contribution in [3.05, 3.63) is 63.0 Å². The number of aryl methyl sites for hydroxylation is 2. The zero-order valence-corrected chi connectivity index (χ0v) is 17.8. The first-order chi connectivity index (χ1) is 14.0. The average molecular weight is 429 g/mol. The van der Waals surface area contributed by atoms with Crippen LogP contribution in [0.1, 0.15) is 59.9 Å². The lowest BCUT2D eigenvalue weighted by molar-refractivity contribution is -0.137. The predicted octanol–water partition coefficient (Wildman–Crippen LogP) is 5.00. The average Bonchev–Trinajstić information content (AvgIpc) is 3.25. The molecule has 2 aromatic heterocycles. The summed E-state index contributed by atoms with van der Waals surface area (Å²) >= 11 is 7.82. The molecule has 6 nitrogen and oxygen atoms in total. The summed E-state index contributed by atoms with van der Waals surface area (Å²) in [5.74, 6) is 0.772. The van der Waals surface area contributed by atoms with Crippen molar-refractivity contribution in [2.24, 2.45) is 4.99 Å². The van der Waals surface area contributed by atoms with Gasteiger partial charge in [-0.05, 0) is 44.4 Å². The Morgan fingerprint density at radius 1 is 1.28 bits per heavy atom. The Morgan fingerprint density at radius 2 is 2.03 bits per heavy atom. The highest BCUT2D eigenvalue weighted by Gasteiger charge is 2.29. The molecule has 3 heterocycles. The molecule has 8 heteroatoms. The van der Waals surface area contributed by atoms with E-state index in [1.165, 1.54) is 4.88 Å². The summed E-state index contributed by atoms with van der Waals surface area (Å²) in [4.78, 5) is 17.3. The van der Waals surface area contributed by atoms with Gasteiger partial charge in [-0.15, -0.1) is 21.5 Å². The van der Waals surface area contributed by atoms with Gasteiger partial charge < -0.3 is 5.11 Å². The van der Waals surface area contributed by atoms with Crippen molar-refractivity contribution in [3.8, 4) is 5.00 Å². The number of nitrogens with zero attached hydrogens (tertiary/aromatic N) is 4. The molecule has 3 aromatic rings. The van der Waals surface area contributed by atoms with Crippen molar-refractivity contribution in [2.45, 2.75) is 45.6 Å². The van der Waals surface area contributed by atoms with Crippen molar-refractivity contribution >= 4 is 34.6 Å². The van der Waals surface area contributed by atoms with E-state index >= 15 is 0 Å². The lowest BCUT2D eigenvalue weighted by Crippen LogP contribution is -2.07. The van der Waals surface area contributed by atoms with Crippen molar-refractivity contribution in [1.82, 2.24) is 14.8 Å². The van der Waals surface area contributed by atoms with Gasteiger partial charge >= 0.3 is 5.97 Å². The van der Waals surface area contributed by atoms with E-state index in [9.17, 15) is 4.79 Å². The zero-order valence-electron chi connectivity index (χ0n) is 16.2. The molecule has 4 rings (SSSR count). The highest BCUT2D eigenvalue weighted by molar-refractivity contribution is 7.15. The summed E-state index contributed by atoms with van der Waals surface area (Å²) < 4.78 is 2.08. The number of aliphatic carboxylic acids is 1. The summed E-state index contributed by atoms with van der Waals surface area (Å²) in [7, 11) is 0. The number of aliphatic imine (C=N–C) groups is 1. The van der Waals surface area contributed by atoms with Crippen molar-refractivity contribution < 1.29 is 9.90 Å². The third-order valence-corrected chi connectivity index (χ3v) is 6.51. The van der Waals surface area contributed by atoms with Gasteiger partial charge in [0.2, 0.25) is 0 Å². The van der Waals surface area contributed by atoms with Crippen molar-refractivity contribution in [3.63, 3.8) is 0 Å². The van der Waals surface area contributed by atoms with Gasteiger partial charge in [0, 0.05) is 27.4 Å². The summed E-state index contributed by atoms with van der Waals surface area (Å²) in [6, 6.07) is 9.61. The van der Waals surface area contributed by atoms with Crippen molar-refractivity contribution in [2.75, 3.05) is 0 Å². The summed E-state index contributed by atoms with van der Waals surface area (Å²) in [5, 5.41) is 19.5. The van der Waals surface area contributed by atoms with Crippen LogP contribution in [0.25, 0.3) is 5.00 Å². The third-order valence-electron chi connectivity index (χ3n) is 4.99. The van der Waals surface area contributed by atoms with Crippen LogP contribution in [-0.2, 0) is 11.2 Å². The predicted molar refractivity (Wildman–Crippen MR) is 115 cm³/mol. The first-order valence-electron chi connectivity index (χ1n) is 9.58. The van der Waals surface area contributed by atoms with Crippen LogP contribution in [0.15, 0.2) is 35.3 Å². The molecular formula is C21H21ClN4O2S. The van der Waals surface area contributed by atoms with Gasteiger partial charge in [0.15, 0.2) is 5.82 Å². The fourth-order valence-electron chi connectivity index (χ4n) is 3.55. The quantitative estimate of drug-likeness (QED) is 0.599. The number of benzene rings is 1. The number of carboxylic acids is 1. The number of carboxylic acid groups (broad SMARTS) is 1. The van der Waals surface area contributed by atoms with Crippen LogP contribution >= 0.6 is 22.9 Å².